The zero-order valence-electron chi connectivity index (χ0n) is 8.25. The van der Waals surface area contributed by atoms with Gasteiger partial charge in [-0.1, -0.05) is 6.92 Å². The lowest BCUT2D eigenvalue weighted by Crippen LogP contribution is -2.27. The van der Waals surface area contributed by atoms with Gasteiger partial charge in [-0.15, -0.1) is 0 Å². The van der Waals surface area contributed by atoms with Crippen LogP contribution in [0.3, 0.4) is 0 Å². The van der Waals surface area contributed by atoms with Crippen molar-refractivity contribution in [1.82, 2.24) is 10.3 Å². The Morgan fingerprint density at radius 3 is 3.00 bits per heavy atom. The van der Waals surface area contributed by atoms with Crippen molar-refractivity contribution in [3.8, 4) is 0 Å². The molecule has 0 aliphatic heterocycles. The van der Waals surface area contributed by atoms with Crippen LogP contribution in [0.5, 0.6) is 0 Å². The predicted octanol–water partition coefficient (Wildman–Crippen LogP) is 1.20. The molecule has 1 heterocycles. The first-order valence-corrected chi connectivity index (χ1v) is 4.65. The Morgan fingerprint density at radius 1 is 1.62 bits per heavy atom. The summed E-state index contributed by atoms with van der Waals surface area (Å²) >= 11 is 0. The van der Waals surface area contributed by atoms with Crippen LogP contribution in [0.25, 0.3) is 0 Å². The van der Waals surface area contributed by atoms with Gasteiger partial charge in [0.15, 0.2) is 0 Å². The molecule has 0 bridgehead atoms. The zero-order valence-corrected chi connectivity index (χ0v) is 8.25. The van der Waals surface area contributed by atoms with Crippen molar-refractivity contribution in [2.75, 3.05) is 12.3 Å². The fourth-order valence-electron chi connectivity index (χ4n) is 1.36. The van der Waals surface area contributed by atoms with Crippen molar-refractivity contribution in [3.05, 3.63) is 24.0 Å². The molecule has 0 aliphatic carbocycles. The molecule has 1 aromatic rings. The highest BCUT2D eigenvalue weighted by Crippen LogP contribution is 2.10. The monoisotopic (exact) mass is 179 g/mol. The van der Waals surface area contributed by atoms with E-state index >= 15 is 0 Å². The Hall–Kier alpha value is -1.09. The zero-order chi connectivity index (χ0) is 9.68. The molecule has 0 amide bonds. The number of likely N-dealkylation sites (N-methyl/N-ethyl adjacent to an activating group) is 1. The van der Waals surface area contributed by atoms with Gasteiger partial charge in [0.2, 0.25) is 0 Å². The van der Waals surface area contributed by atoms with Crippen LogP contribution >= 0.6 is 0 Å². The molecule has 1 aromatic heterocycles. The maximum absolute atomic E-state index is 5.80. The Balaban J connectivity index is 2.58. The lowest BCUT2D eigenvalue weighted by atomic mass is 10.1. The number of hydrogen-bond acceptors (Lipinski definition) is 3. The highest BCUT2D eigenvalue weighted by molar-refractivity contribution is 5.44. The molecule has 0 aromatic carbocycles. The van der Waals surface area contributed by atoms with E-state index in [1.165, 1.54) is 0 Å². The first kappa shape index (κ1) is 9.99. The number of hydrogen-bond donors (Lipinski definition) is 2. The maximum atomic E-state index is 5.80. The van der Waals surface area contributed by atoms with Crippen molar-refractivity contribution in [2.24, 2.45) is 0 Å². The number of nitrogens with one attached hydrogen (secondary N) is 1. The summed E-state index contributed by atoms with van der Waals surface area (Å²) in [6, 6.07) is 2.30. The highest BCUT2D eigenvalue weighted by atomic mass is 14.9. The van der Waals surface area contributed by atoms with Gasteiger partial charge in [-0.05, 0) is 31.5 Å². The van der Waals surface area contributed by atoms with Crippen molar-refractivity contribution >= 4 is 5.69 Å². The molecule has 13 heavy (non-hydrogen) atoms. The highest BCUT2D eigenvalue weighted by Gasteiger charge is 2.04. The fraction of sp³-hybridized carbons (Fsp3) is 0.500. The van der Waals surface area contributed by atoms with Crippen LogP contribution in [-0.2, 0) is 6.42 Å². The normalized spacial score (nSPS) is 12.8. The summed E-state index contributed by atoms with van der Waals surface area (Å²) < 4.78 is 0. The second-order valence-corrected chi connectivity index (χ2v) is 3.24. The van der Waals surface area contributed by atoms with Crippen LogP contribution in [0.15, 0.2) is 18.5 Å². The van der Waals surface area contributed by atoms with E-state index in [-0.39, 0.29) is 0 Å². The van der Waals surface area contributed by atoms with E-state index in [0.717, 1.165) is 24.2 Å². The van der Waals surface area contributed by atoms with Crippen LogP contribution in [0, 0.1) is 0 Å². The molecule has 0 fully saturated rings. The minimum atomic E-state index is 0.455. The molecule has 0 aliphatic rings. The van der Waals surface area contributed by atoms with Crippen LogP contribution in [0.1, 0.15) is 19.4 Å². The first-order valence-electron chi connectivity index (χ1n) is 4.65. The van der Waals surface area contributed by atoms with Gasteiger partial charge in [-0.25, -0.2) is 0 Å². The molecule has 3 heteroatoms. The second-order valence-electron chi connectivity index (χ2n) is 3.24. The minimum absolute atomic E-state index is 0.455. The van der Waals surface area contributed by atoms with E-state index in [4.69, 9.17) is 5.73 Å². The third-order valence-corrected chi connectivity index (χ3v) is 2.02. The van der Waals surface area contributed by atoms with Gasteiger partial charge in [0, 0.05) is 24.1 Å². The van der Waals surface area contributed by atoms with Crippen LogP contribution < -0.4 is 11.1 Å². The second kappa shape index (κ2) is 4.82. The lowest BCUT2D eigenvalue weighted by Gasteiger charge is -2.12. The Labute approximate surface area is 79.4 Å². The summed E-state index contributed by atoms with van der Waals surface area (Å²) in [6.07, 6.45) is 4.49. The Bertz CT molecular complexity index is 260. The molecular weight excluding hydrogens is 162 g/mol. The van der Waals surface area contributed by atoms with E-state index in [9.17, 15) is 0 Å². The van der Waals surface area contributed by atoms with Crippen molar-refractivity contribution < 1.29 is 0 Å². The largest absolute Gasteiger partial charge is 0.398 e. The molecule has 0 spiro atoms. The van der Waals surface area contributed by atoms with Crippen LogP contribution in [-0.4, -0.2) is 17.6 Å². The molecule has 0 radical (unpaired) electrons. The van der Waals surface area contributed by atoms with Crippen molar-refractivity contribution in [3.63, 3.8) is 0 Å². The average Bonchev–Trinajstić information content (AvgIpc) is 2.09. The molecule has 0 saturated heterocycles. The smallest absolute Gasteiger partial charge is 0.0378 e. The van der Waals surface area contributed by atoms with E-state index in [1.807, 2.05) is 12.3 Å². The molecule has 0 saturated carbocycles. The van der Waals surface area contributed by atoms with Crippen molar-refractivity contribution in [1.29, 1.82) is 0 Å². The summed E-state index contributed by atoms with van der Waals surface area (Å²) in [5.74, 6) is 0. The molecule has 1 rings (SSSR count). The number of nitrogens with two attached hydrogens (primary N) is 1. The predicted molar refractivity (Wildman–Crippen MR) is 55.5 cm³/mol. The summed E-state index contributed by atoms with van der Waals surface area (Å²) in [6.45, 7) is 5.24. The van der Waals surface area contributed by atoms with Gasteiger partial charge < -0.3 is 11.1 Å². The van der Waals surface area contributed by atoms with Gasteiger partial charge in [0.1, 0.15) is 0 Å². The number of nitrogens with zero attached hydrogens (tertiary/aromatic N) is 1. The van der Waals surface area contributed by atoms with Gasteiger partial charge in [0.25, 0.3) is 0 Å². The number of aromatic nitrogens is 1. The first-order chi connectivity index (χ1) is 6.24. The molecule has 1 atom stereocenters. The third-order valence-electron chi connectivity index (χ3n) is 2.02. The molecule has 3 N–H and O–H groups in total. The molecule has 3 nitrogen and oxygen atoms in total. The fourth-order valence-corrected chi connectivity index (χ4v) is 1.36. The summed E-state index contributed by atoms with van der Waals surface area (Å²) in [7, 11) is 0. The number of pyridine rings is 1. The molecule has 72 valence electrons. The van der Waals surface area contributed by atoms with Crippen LogP contribution in [0.4, 0.5) is 5.69 Å². The number of rotatable bonds is 4. The van der Waals surface area contributed by atoms with Gasteiger partial charge in [0.05, 0.1) is 0 Å². The quantitative estimate of drug-likeness (QED) is 0.730. The van der Waals surface area contributed by atoms with Crippen molar-refractivity contribution in [2.45, 2.75) is 26.3 Å². The number of anilines is 1. The summed E-state index contributed by atoms with van der Waals surface area (Å²) in [5, 5.41) is 3.34. The van der Waals surface area contributed by atoms with Gasteiger partial charge in [-0.2, -0.15) is 0 Å². The lowest BCUT2D eigenvalue weighted by molar-refractivity contribution is 0.565. The SMILES string of the molecule is CCNC(C)Cc1cnccc1N. The van der Waals surface area contributed by atoms with E-state index in [2.05, 4.69) is 24.1 Å². The maximum Gasteiger partial charge on any atom is 0.0378 e. The van der Waals surface area contributed by atoms with E-state index < -0.39 is 0 Å². The van der Waals surface area contributed by atoms with E-state index in [0.29, 0.717) is 6.04 Å². The van der Waals surface area contributed by atoms with Gasteiger partial charge >= 0.3 is 0 Å². The van der Waals surface area contributed by atoms with Gasteiger partial charge in [-0.3, -0.25) is 4.98 Å². The summed E-state index contributed by atoms with van der Waals surface area (Å²) in [5.41, 5.74) is 7.75. The minimum Gasteiger partial charge on any atom is -0.398 e. The number of nitrogen functional groups attached to an aromatic ring is 1. The standard InChI is InChI=1S/C10H17N3/c1-3-13-8(2)6-9-7-12-5-4-10(9)11/h4-5,7-8,13H,3,6H2,1-2H3,(H2,11,12). The van der Waals surface area contributed by atoms with E-state index in [1.54, 1.807) is 6.20 Å². The average molecular weight is 179 g/mol. The topological polar surface area (TPSA) is 50.9 Å². The Kier molecular flexibility index (Phi) is 3.71. The molecular formula is C10H17N3. The third kappa shape index (κ3) is 3.03. The van der Waals surface area contributed by atoms with Crippen LogP contribution in [0.2, 0.25) is 0 Å². The summed E-state index contributed by atoms with van der Waals surface area (Å²) in [4.78, 5) is 4.05. The molecule has 1 unspecified atom stereocenters. The Morgan fingerprint density at radius 2 is 2.38 bits per heavy atom.